The third-order valence-electron chi connectivity index (χ3n) is 2.24. The molecule has 4 heteroatoms. The third kappa shape index (κ3) is 1.19. The van der Waals surface area contributed by atoms with Gasteiger partial charge >= 0.3 is 0 Å². The van der Waals surface area contributed by atoms with Crippen molar-refractivity contribution in [2.24, 2.45) is 0 Å². The van der Waals surface area contributed by atoms with Gasteiger partial charge in [-0.3, -0.25) is 4.68 Å². The van der Waals surface area contributed by atoms with Crippen LogP contribution in [0.5, 0.6) is 0 Å². The summed E-state index contributed by atoms with van der Waals surface area (Å²) >= 11 is 3.45. The molecule has 1 aliphatic heterocycles. The van der Waals surface area contributed by atoms with Gasteiger partial charge in [-0.05, 0) is 35.2 Å². The summed E-state index contributed by atoms with van der Waals surface area (Å²) in [4.78, 5) is 0. The number of aliphatic hydroxyl groups is 1. The van der Waals surface area contributed by atoms with Gasteiger partial charge in [0.2, 0.25) is 0 Å². The Morgan fingerprint density at radius 1 is 1.50 bits per heavy atom. The van der Waals surface area contributed by atoms with Crippen LogP contribution in [0.3, 0.4) is 0 Å². The van der Waals surface area contributed by atoms with Crippen LogP contribution in [0.15, 0.2) is 4.47 Å². The molecule has 2 rings (SSSR count). The summed E-state index contributed by atoms with van der Waals surface area (Å²) in [6.45, 7) is 1.02. The molecule has 0 saturated heterocycles. The van der Waals surface area contributed by atoms with Gasteiger partial charge in [-0.1, -0.05) is 0 Å². The summed E-state index contributed by atoms with van der Waals surface area (Å²) in [5, 5.41) is 13.3. The van der Waals surface area contributed by atoms with Crippen molar-refractivity contribution in [3.05, 3.63) is 15.9 Å². The average molecular weight is 231 g/mol. The van der Waals surface area contributed by atoms with Crippen LogP contribution in [0.4, 0.5) is 0 Å². The van der Waals surface area contributed by atoms with Gasteiger partial charge in [-0.15, -0.1) is 0 Å². The van der Waals surface area contributed by atoms with Gasteiger partial charge in [0.05, 0.1) is 16.8 Å². The van der Waals surface area contributed by atoms with Crippen LogP contribution in [-0.2, 0) is 19.6 Å². The first-order valence-corrected chi connectivity index (χ1v) is 4.97. The summed E-state index contributed by atoms with van der Waals surface area (Å²) in [5.41, 5.74) is 2.01. The molecule has 1 aliphatic rings. The van der Waals surface area contributed by atoms with Gasteiger partial charge < -0.3 is 5.11 Å². The van der Waals surface area contributed by atoms with Crippen molar-refractivity contribution < 1.29 is 5.11 Å². The number of aryl methyl sites for hydroxylation is 1. The zero-order valence-electron chi connectivity index (χ0n) is 6.76. The van der Waals surface area contributed by atoms with Crippen LogP contribution in [-0.4, -0.2) is 14.9 Å². The lowest BCUT2D eigenvalue weighted by Gasteiger charge is -2.12. The standard InChI is InChI=1S/C8H11BrN2O/c9-8-6(5-12)10-11-4-2-1-3-7(8)11/h12H,1-5H2. The molecule has 1 N–H and O–H groups in total. The molecule has 0 bridgehead atoms. The van der Waals surface area contributed by atoms with E-state index in [9.17, 15) is 0 Å². The maximum Gasteiger partial charge on any atom is 0.102 e. The zero-order chi connectivity index (χ0) is 8.55. The van der Waals surface area contributed by atoms with Crippen LogP contribution in [0.2, 0.25) is 0 Å². The summed E-state index contributed by atoms with van der Waals surface area (Å²) in [6.07, 6.45) is 3.51. The fraction of sp³-hybridized carbons (Fsp3) is 0.625. The Hall–Kier alpha value is -0.350. The van der Waals surface area contributed by atoms with E-state index < -0.39 is 0 Å². The van der Waals surface area contributed by atoms with Crippen LogP contribution in [0, 0.1) is 0 Å². The van der Waals surface area contributed by atoms with Crippen molar-refractivity contribution in [3.8, 4) is 0 Å². The Labute approximate surface area is 79.5 Å². The van der Waals surface area contributed by atoms with E-state index in [2.05, 4.69) is 21.0 Å². The van der Waals surface area contributed by atoms with Crippen molar-refractivity contribution >= 4 is 15.9 Å². The van der Waals surface area contributed by atoms with Crippen LogP contribution >= 0.6 is 15.9 Å². The number of aromatic nitrogens is 2. The number of nitrogens with zero attached hydrogens (tertiary/aromatic N) is 2. The molecular weight excluding hydrogens is 220 g/mol. The SMILES string of the molecule is OCc1nn2c(c1Br)CCCC2. The van der Waals surface area contributed by atoms with Gasteiger partial charge in [-0.2, -0.15) is 5.10 Å². The minimum atomic E-state index is 0.0284. The molecule has 0 fully saturated rings. The van der Waals surface area contributed by atoms with Gasteiger partial charge in [0.15, 0.2) is 0 Å². The van der Waals surface area contributed by atoms with Crippen molar-refractivity contribution in [2.75, 3.05) is 0 Å². The Balaban J connectivity index is 2.44. The first-order chi connectivity index (χ1) is 5.83. The van der Waals surface area contributed by atoms with E-state index >= 15 is 0 Å². The lowest BCUT2D eigenvalue weighted by molar-refractivity contribution is 0.274. The molecule has 2 heterocycles. The fourth-order valence-electron chi connectivity index (χ4n) is 1.61. The van der Waals surface area contributed by atoms with Gasteiger partial charge in [0.25, 0.3) is 0 Å². The highest BCUT2D eigenvalue weighted by molar-refractivity contribution is 9.10. The molecule has 1 aromatic heterocycles. The highest BCUT2D eigenvalue weighted by atomic mass is 79.9. The molecule has 0 spiro atoms. The predicted octanol–water partition coefficient (Wildman–Crippen LogP) is 1.47. The second-order valence-corrected chi connectivity index (χ2v) is 3.84. The molecule has 1 aromatic rings. The summed E-state index contributed by atoms with van der Waals surface area (Å²) < 4.78 is 3.00. The summed E-state index contributed by atoms with van der Waals surface area (Å²) in [6, 6.07) is 0. The Morgan fingerprint density at radius 3 is 3.00 bits per heavy atom. The number of rotatable bonds is 1. The van der Waals surface area contributed by atoms with Crippen molar-refractivity contribution in [1.82, 2.24) is 9.78 Å². The maximum atomic E-state index is 8.96. The smallest absolute Gasteiger partial charge is 0.102 e. The Bertz CT molecular complexity index is 295. The number of hydrogen-bond acceptors (Lipinski definition) is 2. The topological polar surface area (TPSA) is 38.1 Å². The predicted molar refractivity (Wildman–Crippen MR) is 48.8 cm³/mol. The number of aliphatic hydroxyl groups excluding tert-OH is 1. The van der Waals surface area contributed by atoms with Crippen molar-refractivity contribution in [3.63, 3.8) is 0 Å². The zero-order valence-corrected chi connectivity index (χ0v) is 8.34. The first kappa shape index (κ1) is 8.26. The molecule has 0 aromatic carbocycles. The minimum Gasteiger partial charge on any atom is -0.390 e. The van der Waals surface area contributed by atoms with E-state index in [1.165, 1.54) is 18.5 Å². The van der Waals surface area contributed by atoms with Crippen molar-refractivity contribution in [2.45, 2.75) is 32.4 Å². The van der Waals surface area contributed by atoms with E-state index in [4.69, 9.17) is 5.11 Å². The monoisotopic (exact) mass is 230 g/mol. The van der Waals surface area contributed by atoms with Gasteiger partial charge in [-0.25, -0.2) is 0 Å². The summed E-state index contributed by atoms with van der Waals surface area (Å²) in [5.74, 6) is 0. The molecule has 0 atom stereocenters. The second-order valence-electron chi connectivity index (χ2n) is 3.05. The van der Waals surface area contributed by atoms with Gasteiger partial charge in [0.1, 0.15) is 5.69 Å². The van der Waals surface area contributed by atoms with E-state index in [0.29, 0.717) is 0 Å². The largest absolute Gasteiger partial charge is 0.390 e. The molecule has 0 aliphatic carbocycles. The highest BCUT2D eigenvalue weighted by Crippen LogP contribution is 2.26. The van der Waals surface area contributed by atoms with E-state index in [-0.39, 0.29) is 6.61 Å². The Morgan fingerprint density at radius 2 is 2.33 bits per heavy atom. The number of hydrogen-bond donors (Lipinski definition) is 1. The average Bonchev–Trinajstić information content (AvgIpc) is 2.44. The second kappa shape index (κ2) is 3.18. The highest BCUT2D eigenvalue weighted by Gasteiger charge is 2.17. The molecule has 3 nitrogen and oxygen atoms in total. The molecule has 0 radical (unpaired) electrons. The van der Waals surface area contributed by atoms with E-state index in [1.54, 1.807) is 0 Å². The van der Waals surface area contributed by atoms with Crippen LogP contribution < -0.4 is 0 Å². The van der Waals surface area contributed by atoms with E-state index in [1.807, 2.05) is 4.68 Å². The lowest BCUT2D eigenvalue weighted by Crippen LogP contribution is -2.11. The van der Waals surface area contributed by atoms with Crippen molar-refractivity contribution in [1.29, 1.82) is 0 Å². The molecule has 12 heavy (non-hydrogen) atoms. The lowest BCUT2D eigenvalue weighted by atomic mass is 10.1. The number of halogens is 1. The third-order valence-corrected chi connectivity index (χ3v) is 3.16. The van der Waals surface area contributed by atoms with Crippen LogP contribution in [0.25, 0.3) is 0 Å². The van der Waals surface area contributed by atoms with E-state index in [0.717, 1.165) is 23.1 Å². The molecule has 0 saturated carbocycles. The van der Waals surface area contributed by atoms with Gasteiger partial charge in [0, 0.05) is 6.54 Å². The quantitative estimate of drug-likeness (QED) is 0.794. The molecule has 0 amide bonds. The molecule has 0 unspecified atom stereocenters. The maximum absolute atomic E-state index is 8.96. The van der Waals surface area contributed by atoms with Crippen LogP contribution in [0.1, 0.15) is 24.2 Å². The Kier molecular flexibility index (Phi) is 2.19. The number of fused-ring (bicyclic) bond motifs is 1. The minimum absolute atomic E-state index is 0.0284. The summed E-state index contributed by atoms with van der Waals surface area (Å²) in [7, 11) is 0. The molecular formula is C8H11BrN2O. The fourth-order valence-corrected chi connectivity index (χ4v) is 2.22. The first-order valence-electron chi connectivity index (χ1n) is 4.18. The molecule has 66 valence electrons. The normalized spacial score (nSPS) is 16.2.